The van der Waals surface area contributed by atoms with Gasteiger partial charge in [-0.3, -0.25) is 0 Å². The lowest BCUT2D eigenvalue weighted by Crippen LogP contribution is -2.15. The Kier molecular flexibility index (Phi) is 5.32. The fourth-order valence-electron chi connectivity index (χ4n) is 1.32. The Labute approximate surface area is 114 Å². The number of nitrogens with one attached hydrogen (secondary N) is 1. The molecule has 0 bridgehead atoms. The van der Waals surface area contributed by atoms with Gasteiger partial charge in [0, 0.05) is 29.9 Å². The zero-order valence-electron chi connectivity index (χ0n) is 9.23. The summed E-state index contributed by atoms with van der Waals surface area (Å²) in [6.07, 6.45) is 1.77. The highest BCUT2D eigenvalue weighted by Crippen LogP contribution is 2.23. The van der Waals surface area contributed by atoms with Crippen molar-refractivity contribution in [2.24, 2.45) is 0 Å². The number of thioether (sulfide) groups is 1. The first-order valence-electron chi connectivity index (χ1n) is 5.32. The van der Waals surface area contributed by atoms with Crippen LogP contribution >= 0.6 is 34.7 Å². The molecule has 0 atom stereocenters. The Balaban J connectivity index is 1.65. The topological polar surface area (TPSA) is 24.9 Å². The minimum absolute atomic E-state index is 0.732. The molecule has 0 aliphatic heterocycles. The van der Waals surface area contributed by atoms with E-state index >= 15 is 0 Å². The third-order valence-corrected chi connectivity index (χ3v) is 4.42. The van der Waals surface area contributed by atoms with Gasteiger partial charge < -0.3 is 5.32 Å². The Morgan fingerprint density at radius 2 is 2.29 bits per heavy atom. The maximum Gasteiger partial charge on any atom is 0.115 e. The van der Waals surface area contributed by atoms with Gasteiger partial charge in [0.1, 0.15) is 5.03 Å². The number of hydrogen-bond donors (Lipinski definition) is 1. The highest BCUT2D eigenvalue weighted by atomic mass is 35.5. The van der Waals surface area contributed by atoms with Gasteiger partial charge in [-0.25, -0.2) is 4.98 Å². The monoisotopic (exact) mass is 284 g/mol. The van der Waals surface area contributed by atoms with E-state index < -0.39 is 0 Å². The van der Waals surface area contributed by atoms with Crippen LogP contribution < -0.4 is 5.32 Å². The lowest BCUT2D eigenvalue weighted by molar-refractivity contribution is 0.740. The van der Waals surface area contributed by atoms with Gasteiger partial charge in [-0.1, -0.05) is 17.7 Å². The van der Waals surface area contributed by atoms with Crippen molar-refractivity contribution in [2.45, 2.75) is 11.6 Å². The number of nitrogens with zero attached hydrogens (tertiary/aromatic N) is 1. The minimum Gasteiger partial charge on any atom is -0.311 e. The van der Waals surface area contributed by atoms with Crippen LogP contribution in [0.3, 0.4) is 0 Å². The molecule has 0 saturated carbocycles. The summed E-state index contributed by atoms with van der Waals surface area (Å²) in [6, 6.07) is 7.93. The van der Waals surface area contributed by atoms with E-state index in [1.165, 1.54) is 4.88 Å². The Morgan fingerprint density at radius 1 is 1.35 bits per heavy atom. The molecule has 17 heavy (non-hydrogen) atoms. The first-order valence-corrected chi connectivity index (χ1v) is 7.57. The van der Waals surface area contributed by atoms with E-state index in [9.17, 15) is 0 Å². The van der Waals surface area contributed by atoms with Gasteiger partial charge in [-0.15, -0.1) is 23.1 Å². The van der Waals surface area contributed by atoms with Crippen molar-refractivity contribution in [2.75, 3.05) is 12.3 Å². The summed E-state index contributed by atoms with van der Waals surface area (Å²) in [5, 5.41) is 7.13. The highest BCUT2D eigenvalue weighted by Gasteiger charge is 2.00. The highest BCUT2D eigenvalue weighted by molar-refractivity contribution is 7.99. The molecule has 90 valence electrons. The molecule has 0 radical (unpaired) electrons. The zero-order valence-corrected chi connectivity index (χ0v) is 11.6. The second kappa shape index (κ2) is 7.01. The van der Waals surface area contributed by atoms with Crippen LogP contribution in [0.2, 0.25) is 5.02 Å². The van der Waals surface area contributed by atoms with Crippen LogP contribution in [0.15, 0.2) is 40.9 Å². The van der Waals surface area contributed by atoms with E-state index in [0.717, 1.165) is 28.9 Å². The van der Waals surface area contributed by atoms with Crippen LogP contribution in [0.1, 0.15) is 4.88 Å². The number of rotatable bonds is 6. The van der Waals surface area contributed by atoms with Crippen molar-refractivity contribution in [3.05, 3.63) is 45.7 Å². The van der Waals surface area contributed by atoms with Gasteiger partial charge in [0.15, 0.2) is 0 Å². The van der Waals surface area contributed by atoms with Gasteiger partial charge in [-0.05, 0) is 23.6 Å². The normalized spacial score (nSPS) is 10.6. The molecule has 2 heterocycles. The first-order chi connectivity index (χ1) is 8.36. The molecule has 0 amide bonds. The molecule has 2 aromatic rings. The van der Waals surface area contributed by atoms with Crippen molar-refractivity contribution >= 4 is 34.7 Å². The molecule has 0 saturated heterocycles. The van der Waals surface area contributed by atoms with Gasteiger partial charge in [0.2, 0.25) is 0 Å². The van der Waals surface area contributed by atoms with Gasteiger partial charge in [-0.2, -0.15) is 0 Å². The second-order valence-electron chi connectivity index (χ2n) is 3.39. The van der Waals surface area contributed by atoms with E-state index in [1.54, 1.807) is 29.3 Å². The lowest BCUT2D eigenvalue weighted by atomic mass is 10.4. The van der Waals surface area contributed by atoms with Crippen LogP contribution in [0.4, 0.5) is 0 Å². The number of hydrogen-bond acceptors (Lipinski definition) is 4. The summed E-state index contributed by atoms with van der Waals surface area (Å²) >= 11 is 9.48. The van der Waals surface area contributed by atoms with Crippen LogP contribution in [0, 0.1) is 0 Å². The molecule has 0 aliphatic rings. The number of aromatic nitrogens is 1. The maximum absolute atomic E-state index is 6.02. The third kappa shape index (κ3) is 4.32. The van der Waals surface area contributed by atoms with Crippen LogP contribution in [0.5, 0.6) is 0 Å². The summed E-state index contributed by atoms with van der Waals surface area (Å²) in [5.74, 6) is 0.974. The second-order valence-corrected chi connectivity index (χ2v) is 5.92. The predicted octanol–water partition coefficient (Wildman–Crippen LogP) is 3.68. The fraction of sp³-hybridized carbons (Fsp3) is 0.250. The third-order valence-electron chi connectivity index (χ3n) is 2.12. The van der Waals surface area contributed by atoms with Crippen molar-refractivity contribution in [1.82, 2.24) is 10.3 Å². The summed E-state index contributed by atoms with van der Waals surface area (Å²) in [4.78, 5) is 5.60. The average molecular weight is 285 g/mol. The quantitative estimate of drug-likeness (QED) is 0.647. The Hall–Kier alpha value is -0.550. The molecule has 0 unspecified atom stereocenters. The standard InChI is InChI=1S/C12H13ClN2S2/c13-11-4-1-5-15-12(11)17-8-6-14-9-10-3-2-7-16-10/h1-5,7,14H,6,8-9H2. The molecule has 2 aromatic heterocycles. The summed E-state index contributed by atoms with van der Waals surface area (Å²) in [6.45, 7) is 1.89. The molecular formula is C12H13ClN2S2. The molecule has 0 fully saturated rings. The van der Waals surface area contributed by atoms with Gasteiger partial charge >= 0.3 is 0 Å². The van der Waals surface area contributed by atoms with E-state index in [1.807, 2.05) is 12.1 Å². The van der Waals surface area contributed by atoms with Crippen molar-refractivity contribution < 1.29 is 0 Å². The minimum atomic E-state index is 0.732. The lowest BCUT2D eigenvalue weighted by Gasteiger charge is -2.04. The number of halogens is 1. The summed E-state index contributed by atoms with van der Waals surface area (Å²) in [7, 11) is 0. The SMILES string of the molecule is Clc1cccnc1SCCNCc1cccs1. The van der Waals surface area contributed by atoms with E-state index in [2.05, 4.69) is 27.8 Å². The summed E-state index contributed by atoms with van der Waals surface area (Å²) < 4.78 is 0. The summed E-state index contributed by atoms with van der Waals surface area (Å²) in [5.41, 5.74) is 0. The molecule has 0 spiro atoms. The average Bonchev–Trinajstić information content (AvgIpc) is 2.84. The molecule has 2 rings (SSSR count). The van der Waals surface area contributed by atoms with Crippen molar-refractivity contribution in [3.8, 4) is 0 Å². The predicted molar refractivity (Wildman–Crippen MR) is 76.0 cm³/mol. The Morgan fingerprint density at radius 3 is 3.06 bits per heavy atom. The van der Waals surface area contributed by atoms with Gasteiger partial charge in [0.05, 0.1) is 5.02 Å². The maximum atomic E-state index is 6.02. The largest absolute Gasteiger partial charge is 0.311 e. The zero-order chi connectivity index (χ0) is 11.9. The molecular weight excluding hydrogens is 272 g/mol. The molecule has 0 aromatic carbocycles. The van der Waals surface area contributed by atoms with Crippen LogP contribution in [0.25, 0.3) is 0 Å². The smallest absolute Gasteiger partial charge is 0.115 e. The van der Waals surface area contributed by atoms with Gasteiger partial charge in [0.25, 0.3) is 0 Å². The molecule has 5 heteroatoms. The number of thiophene rings is 1. The van der Waals surface area contributed by atoms with Crippen LogP contribution in [-0.2, 0) is 6.54 Å². The Bertz CT molecular complexity index is 446. The fourth-order valence-corrected chi connectivity index (χ4v) is 3.06. The number of pyridine rings is 1. The van der Waals surface area contributed by atoms with E-state index in [0.29, 0.717) is 0 Å². The van der Waals surface area contributed by atoms with Crippen LogP contribution in [-0.4, -0.2) is 17.3 Å². The van der Waals surface area contributed by atoms with Crippen molar-refractivity contribution in [1.29, 1.82) is 0 Å². The molecule has 2 nitrogen and oxygen atoms in total. The molecule has 1 N–H and O–H groups in total. The van der Waals surface area contributed by atoms with E-state index in [4.69, 9.17) is 11.6 Å². The molecule has 0 aliphatic carbocycles. The van der Waals surface area contributed by atoms with Crippen molar-refractivity contribution in [3.63, 3.8) is 0 Å². The van der Waals surface area contributed by atoms with E-state index in [-0.39, 0.29) is 0 Å². The first kappa shape index (κ1) is 12.9.